The molecule has 2 aromatic heterocycles. The Balaban J connectivity index is 1.32. The number of nitrogens with one attached hydrogen (secondary N) is 1. The smallest absolute Gasteiger partial charge is 0.221 e. The first-order valence-corrected chi connectivity index (χ1v) is 8.87. The Bertz CT molecular complexity index is 687. The zero-order valence-electron chi connectivity index (χ0n) is 14.9. The third-order valence-electron chi connectivity index (χ3n) is 4.73. The van der Waals surface area contributed by atoms with Crippen LogP contribution in [0.3, 0.4) is 0 Å². The monoisotopic (exact) mass is 346 g/mol. The van der Waals surface area contributed by atoms with E-state index in [1.54, 1.807) is 4.68 Å². The van der Waals surface area contributed by atoms with E-state index in [0.717, 1.165) is 56.4 Å². The summed E-state index contributed by atoms with van der Waals surface area (Å²) in [5.41, 5.74) is 0. The van der Waals surface area contributed by atoms with Crippen molar-refractivity contribution in [2.75, 3.05) is 19.6 Å². The lowest BCUT2D eigenvalue weighted by Crippen LogP contribution is -2.38. The van der Waals surface area contributed by atoms with E-state index in [2.05, 4.69) is 25.7 Å². The van der Waals surface area contributed by atoms with Crippen LogP contribution in [0.4, 0.5) is 0 Å². The van der Waals surface area contributed by atoms with Crippen molar-refractivity contribution in [3.05, 3.63) is 29.5 Å². The Morgan fingerprint density at radius 2 is 2.12 bits per heavy atom. The summed E-state index contributed by atoms with van der Waals surface area (Å²) in [7, 11) is 0. The van der Waals surface area contributed by atoms with Gasteiger partial charge in [0.25, 0.3) is 0 Å². The van der Waals surface area contributed by atoms with E-state index >= 15 is 0 Å². The fraction of sp³-hybridized carbons (Fsp3) is 0.647. The van der Waals surface area contributed by atoms with E-state index in [0.29, 0.717) is 18.9 Å². The molecule has 1 amide bonds. The number of nitrogens with zero attached hydrogens (tertiary/aromatic N) is 5. The van der Waals surface area contributed by atoms with E-state index < -0.39 is 0 Å². The predicted octanol–water partition coefficient (Wildman–Crippen LogP) is 1.30. The van der Waals surface area contributed by atoms with Gasteiger partial charge in [-0.15, -0.1) is 5.10 Å². The van der Waals surface area contributed by atoms with Gasteiger partial charge in [-0.3, -0.25) is 9.69 Å². The molecule has 8 nitrogen and oxygen atoms in total. The van der Waals surface area contributed by atoms with Crippen LogP contribution in [0, 0.1) is 19.8 Å². The number of hydrogen-bond acceptors (Lipinski definition) is 6. The van der Waals surface area contributed by atoms with Crippen LogP contribution in [0.2, 0.25) is 0 Å². The van der Waals surface area contributed by atoms with Crippen molar-refractivity contribution in [2.45, 2.75) is 46.2 Å². The molecule has 1 fully saturated rings. The molecule has 1 aliphatic heterocycles. The van der Waals surface area contributed by atoms with Crippen molar-refractivity contribution in [1.82, 2.24) is 30.4 Å². The van der Waals surface area contributed by atoms with Crippen LogP contribution >= 0.6 is 0 Å². The van der Waals surface area contributed by atoms with Gasteiger partial charge in [0.15, 0.2) is 0 Å². The third kappa shape index (κ3) is 5.12. The molecule has 0 bridgehead atoms. The molecular weight excluding hydrogens is 320 g/mol. The molecule has 1 aliphatic rings. The quantitative estimate of drug-likeness (QED) is 0.813. The molecule has 0 aliphatic carbocycles. The van der Waals surface area contributed by atoms with Crippen LogP contribution in [-0.2, 0) is 17.9 Å². The number of piperidine rings is 1. The summed E-state index contributed by atoms with van der Waals surface area (Å²) in [5, 5.41) is 14.3. The number of aromatic nitrogens is 4. The lowest BCUT2D eigenvalue weighted by atomic mass is 9.96. The molecule has 0 atom stereocenters. The summed E-state index contributed by atoms with van der Waals surface area (Å²) in [6.07, 6.45) is 2.61. The summed E-state index contributed by atoms with van der Waals surface area (Å²) in [4.78, 5) is 14.4. The van der Waals surface area contributed by atoms with Gasteiger partial charge in [0.05, 0.1) is 13.1 Å². The first-order valence-electron chi connectivity index (χ1n) is 8.87. The van der Waals surface area contributed by atoms with Crippen LogP contribution in [0.15, 0.2) is 16.5 Å². The number of carbonyl (C=O) groups is 1. The summed E-state index contributed by atoms with van der Waals surface area (Å²) in [5.74, 6) is 3.33. The maximum Gasteiger partial charge on any atom is 0.221 e. The highest BCUT2D eigenvalue weighted by atomic mass is 16.3. The predicted molar refractivity (Wildman–Crippen MR) is 91.6 cm³/mol. The second-order valence-electron chi connectivity index (χ2n) is 6.74. The number of aryl methyl sites for hydroxylation is 3. The summed E-state index contributed by atoms with van der Waals surface area (Å²) < 4.78 is 7.29. The number of amides is 1. The average Bonchev–Trinajstić information content (AvgIpc) is 3.20. The first-order chi connectivity index (χ1) is 12.1. The molecule has 25 heavy (non-hydrogen) atoms. The lowest BCUT2D eigenvalue weighted by molar-refractivity contribution is -0.121. The van der Waals surface area contributed by atoms with Gasteiger partial charge in [0.2, 0.25) is 5.91 Å². The van der Waals surface area contributed by atoms with Gasteiger partial charge in [0.1, 0.15) is 17.3 Å². The van der Waals surface area contributed by atoms with E-state index in [9.17, 15) is 4.79 Å². The number of carbonyl (C=O) groups excluding carboxylic acids is 1. The molecule has 3 heterocycles. The van der Waals surface area contributed by atoms with Gasteiger partial charge in [-0.2, -0.15) is 0 Å². The standard InChI is InChI=1S/C17H26N6O2/c1-13-3-4-16(25-13)12-22-8-5-15(6-9-22)11-18-17(24)7-10-23-14(2)19-20-21-23/h3-4,15H,5-12H2,1-2H3,(H,18,24). The fourth-order valence-corrected chi connectivity index (χ4v) is 3.15. The minimum atomic E-state index is 0.0587. The van der Waals surface area contributed by atoms with Crippen LogP contribution in [0.25, 0.3) is 0 Å². The molecule has 1 N–H and O–H groups in total. The highest BCUT2D eigenvalue weighted by Crippen LogP contribution is 2.19. The molecule has 136 valence electrons. The Morgan fingerprint density at radius 1 is 1.32 bits per heavy atom. The summed E-state index contributed by atoms with van der Waals surface area (Å²) in [6.45, 7) is 8.04. The number of hydrogen-bond donors (Lipinski definition) is 1. The largest absolute Gasteiger partial charge is 0.465 e. The SMILES string of the molecule is Cc1ccc(CN2CCC(CNC(=O)CCn3nnnc3C)CC2)o1. The van der Waals surface area contributed by atoms with Gasteiger partial charge in [0, 0.05) is 13.0 Å². The number of rotatable bonds is 7. The van der Waals surface area contributed by atoms with E-state index in [1.165, 1.54) is 0 Å². The fourth-order valence-electron chi connectivity index (χ4n) is 3.15. The number of tetrazole rings is 1. The van der Waals surface area contributed by atoms with Gasteiger partial charge >= 0.3 is 0 Å². The normalized spacial score (nSPS) is 16.2. The molecule has 1 saturated heterocycles. The molecule has 0 spiro atoms. The average molecular weight is 346 g/mol. The van der Waals surface area contributed by atoms with Gasteiger partial charge < -0.3 is 9.73 Å². The van der Waals surface area contributed by atoms with Crippen molar-refractivity contribution >= 4 is 5.91 Å². The molecular formula is C17H26N6O2. The van der Waals surface area contributed by atoms with E-state index in [4.69, 9.17) is 4.42 Å². The van der Waals surface area contributed by atoms with Gasteiger partial charge in [-0.1, -0.05) is 0 Å². The highest BCUT2D eigenvalue weighted by Gasteiger charge is 2.20. The van der Waals surface area contributed by atoms with Crippen molar-refractivity contribution in [1.29, 1.82) is 0 Å². The number of furan rings is 1. The molecule has 0 saturated carbocycles. The van der Waals surface area contributed by atoms with Crippen LogP contribution in [-0.4, -0.2) is 50.6 Å². The van der Waals surface area contributed by atoms with Crippen molar-refractivity contribution in [3.63, 3.8) is 0 Å². The molecule has 2 aromatic rings. The minimum absolute atomic E-state index is 0.0587. The van der Waals surface area contributed by atoms with Crippen LogP contribution < -0.4 is 5.32 Å². The van der Waals surface area contributed by atoms with Gasteiger partial charge in [-0.25, -0.2) is 4.68 Å². The Hall–Kier alpha value is -2.22. The lowest BCUT2D eigenvalue weighted by Gasteiger charge is -2.31. The zero-order valence-corrected chi connectivity index (χ0v) is 14.9. The molecule has 0 unspecified atom stereocenters. The van der Waals surface area contributed by atoms with Crippen LogP contribution in [0.1, 0.15) is 36.6 Å². The van der Waals surface area contributed by atoms with Crippen molar-refractivity contribution in [2.24, 2.45) is 5.92 Å². The van der Waals surface area contributed by atoms with Crippen LogP contribution in [0.5, 0.6) is 0 Å². The first kappa shape index (κ1) is 17.6. The Kier molecular flexibility index (Phi) is 5.80. The summed E-state index contributed by atoms with van der Waals surface area (Å²) in [6, 6.07) is 4.06. The maximum absolute atomic E-state index is 12.0. The zero-order chi connectivity index (χ0) is 17.6. The highest BCUT2D eigenvalue weighted by molar-refractivity contribution is 5.75. The van der Waals surface area contributed by atoms with E-state index in [1.807, 2.05) is 26.0 Å². The van der Waals surface area contributed by atoms with E-state index in [-0.39, 0.29) is 5.91 Å². The second kappa shape index (κ2) is 8.24. The molecule has 0 radical (unpaired) electrons. The van der Waals surface area contributed by atoms with Crippen molar-refractivity contribution < 1.29 is 9.21 Å². The molecule has 3 rings (SSSR count). The second-order valence-corrected chi connectivity index (χ2v) is 6.74. The maximum atomic E-state index is 12.0. The third-order valence-corrected chi connectivity index (χ3v) is 4.73. The summed E-state index contributed by atoms with van der Waals surface area (Å²) >= 11 is 0. The minimum Gasteiger partial charge on any atom is -0.465 e. The topological polar surface area (TPSA) is 89.1 Å². The molecule has 0 aromatic carbocycles. The molecule has 8 heteroatoms. The Labute approximate surface area is 147 Å². The number of likely N-dealkylation sites (tertiary alicyclic amines) is 1. The van der Waals surface area contributed by atoms with Gasteiger partial charge in [-0.05, 0) is 68.3 Å². The Morgan fingerprint density at radius 3 is 2.76 bits per heavy atom. The van der Waals surface area contributed by atoms with Crippen molar-refractivity contribution in [3.8, 4) is 0 Å².